The number of ether oxygens (including phenoxy) is 1. The van der Waals surface area contributed by atoms with Crippen molar-refractivity contribution in [3.8, 4) is 0 Å². The van der Waals surface area contributed by atoms with Gasteiger partial charge < -0.3 is 15.0 Å². The summed E-state index contributed by atoms with van der Waals surface area (Å²) in [6.07, 6.45) is 1.31. The average Bonchev–Trinajstić information content (AvgIpc) is 2.54. The van der Waals surface area contributed by atoms with Gasteiger partial charge in [0, 0.05) is 25.0 Å². The van der Waals surface area contributed by atoms with Crippen LogP contribution < -0.4 is 10.2 Å². The molecule has 1 N–H and O–H groups in total. The minimum absolute atomic E-state index is 0.287. The van der Waals surface area contributed by atoms with Crippen LogP contribution in [-0.2, 0) is 4.74 Å². The molecule has 5 nitrogen and oxygen atoms in total. The van der Waals surface area contributed by atoms with Crippen molar-refractivity contribution in [1.82, 2.24) is 9.97 Å². The van der Waals surface area contributed by atoms with Crippen LogP contribution in [0, 0.1) is 0 Å². The maximum atomic E-state index is 5.77. The molecule has 1 aromatic heterocycles. The van der Waals surface area contributed by atoms with Crippen molar-refractivity contribution >= 4 is 22.7 Å². The first kappa shape index (κ1) is 14.1. The monoisotopic (exact) mass is 286 g/mol. The van der Waals surface area contributed by atoms with Crippen molar-refractivity contribution in [2.45, 2.75) is 26.4 Å². The number of nitrogens with zero attached hydrogens (tertiary/aromatic N) is 3. The largest absolute Gasteiger partial charge is 0.375 e. The molecule has 1 aliphatic rings. The van der Waals surface area contributed by atoms with Gasteiger partial charge in [-0.3, -0.25) is 0 Å². The normalized spacial score (nSPS) is 19.0. The van der Waals surface area contributed by atoms with E-state index in [1.54, 1.807) is 0 Å². The number of rotatable bonds is 4. The predicted molar refractivity (Wildman–Crippen MR) is 85.9 cm³/mol. The van der Waals surface area contributed by atoms with Crippen LogP contribution in [0.3, 0.4) is 0 Å². The minimum Gasteiger partial charge on any atom is -0.375 e. The number of aromatic nitrogens is 2. The molecule has 2 heterocycles. The molecular formula is C16H22N4O. The Morgan fingerprint density at radius 2 is 2.14 bits per heavy atom. The summed E-state index contributed by atoms with van der Waals surface area (Å²) in [6, 6.07) is 8.19. The highest BCUT2D eigenvalue weighted by molar-refractivity contribution is 5.90. The molecule has 1 saturated heterocycles. The number of anilines is 2. The molecule has 1 aromatic carbocycles. The van der Waals surface area contributed by atoms with E-state index in [0.717, 1.165) is 49.4 Å². The zero-order chi connectivity index (χ0) is 14.7. The fourth-order valence-corrected chi connectivity index (χ4v) is 2.70. The number of benzene rings is 1. The second kappa shape index (κ2) is 6.26. The SMILES string of the molecule is CCNc1nc(N2CCOC(CC)C2)c2ccccc2n1. The van der Waals surface area contributed by atoms with Crippen molar-refractivity contribution in [2.24, 2.45) is 0 Å². The first-order valence-corrected chi connectivity index (χ1v) is 7.69. The van der Waals surface area contributed by atoms with Gasteiger partial charge in [0.15, 0.2) is 0 Å². The summed E-state index contributed by atoms with van der Waals surface area (Å²) in [6.45, 7) is 7.56. The zero-order valence-electron chi connectivity index (χ0n) is 12.7. The van der Waals surface area contributed by atoms with Crippen molar-refractivity contribution < 1.29 is 4.74 Å². The Hall–Kier alpha value is -1.88. The number of para-hydroxylation sites is 1. The maximum absolute atomic E-state index is 5.77. The van der Waals surface area contributed by atoms with Crippen LogP contribution in [0.2, 0.25) is 0 Å². The average molecular weight is 286 g/mol. The first-order chi connectivity index (χ1) is 10.3. The van der Waals surface area contributed by atoms with Crippen LogP contribution >= 0.6 is 0 Å². The molecule has 21 heavy (non-hydrogen) atoms. The molecule has 0 radical (unpaired) electrons. The predicted octanol–water partition coefficient (Wildman–Crippen LogP) is 2.68. The molecule has 0 bridgehead atoms. The van der Waals surface area contributed by atoms with Gasteiger partial charge in [-0.15, -0.1) is 0 Å². The lowest BCUT2D eigenvalue weighted by Crippen LogP contribution is -2.42. The van der Waals surface area contributed by atoms with Crippen LogP contribution in [0.25, 0.3) is 10.9 Å². The number of fused-ring (bicyclic) bond motifs is 1. The fraction of sp³-hybridized carbons (Fsp3) is 0.500. The molecule has 112 valence electrons. The lowest BCUT2D eigenvalue weighted by Gasteiger charge is -2.34. The third-order valence-corrected chi connectivity index (χ3v) is 3.81. The van der Waals surface area contributed by atoms with Gasteiger partial charge in [-0.25, -0.2) is 4.98 Å². The van der Waals surface area contributed by atoms with Gasteiger partial charge in [-0.2, -0.15) is 4.98 Å². The smallest absolute Gasteiger partial charge is 0.225 e. The van der Waals surface area contributed by atoms with Crippen molar-refractivity contribution in [3.63, 3.8) is 0 Å². The molecule has 0 amide bonds. The third-order valence-electron chi connectivity index (χ3n) is 3.81. The summed E-state index contributed by atoms with van der Waals surface area (Å²) in [5.41, 5.74) is 0.984. The topological polar surface area (TPSA) is 50.3 Å². The Balaban J connectivity index is 2.02. The highest BCUT2D eigenvalue weighted by Crippen LogP contribution is 2.27. The summed E-state index contributed by atoms with van der Waals surface area (Å²) >= 11 is 0. The van der Waals surface area contributed by atoms with Crippen LogP contribution in [0.4, 0.5) is 11.8 Å². The van der Waals surface area contributed by atoms with E-state index in [4.69, 9.17) is 9.72 Å². The van der Waals surface area contributed by atoms with Gasteiger partial charge in [0.05, 0.1) is 18.2 Å². The van der Waals surface area contributed by atoms with E-state index in [2.05, 4.69) is 35.1 Å². The quantitative estimate of drug-likeness (QED) is 0.936. The van der Waals surface area contributed by atoms with Crippen LogP contribution in [-0.4, -0.2) is 42.3 Å². The van der Waals surface area contributed by atoms with E-state index in [-0.39, 0.29) is 6.10 Å². The molecule has 2 aromatic rings. The Morgan fingerprint density at radius 1 is 1.29 bits per heavy atom. The van der Waals surface area contributed by atoms with E-state index in [1.807, 2.05) is 18.2 Å². The maximum Gasteiger partial charge on any atom is 0.225 e. The summed E-state index contributed by atoms with van der Waals surface area (Å²) < 4.78 is 5.77. The lowest BCUT2D eigenvalue weighted by atomic mass is 10.2. The van der Waals surface area contributed by atoms with Gasteiger partial charge >= 0.3 is 0 Å². The van der Waals surface area contributed by atoms with Crippen molar-refractivity contribution in [1.29, 1.82) is 0 Å². The molecule has 5 heteroatoms. The first-order valence-electron chi connectivity index (χ1n) is 7.69. The Bertz CT molecular complexity index is 616. The summed E-state index contributed by atoms with van der Waals surface area (Å²) in [5, 5.41) is 4.33. The molecule has 1 fully saturated rings. The van der Waals surface area contributed by atoms with E-state index in [9.17, 15) is 0 Å². The molecule has 0 spiro atoms. The Morgan fingerprint density at radius 3 is 2.95 bits per heavy atom. The zero-order valence-corrected chi connectivity index (χ0v) is 12.7. The molecule has 1 unspecified atom stereocenters. The molecular weight excluding hydrogens is 264 g/mol. The molecule has 0 aliphatic carbocycles. The second-order valence-corrected chi connectivity index (χ2v) is 5.27. The van der Waals surface area contributed by atoms with Gasteiger partial charge in [-0.1, -0.05) is 19.1 Å². The Labute approximate surface area is 125 Å². The number of hydrogen-bond donors (Lipinski definition) is 1. The van der Waals surface area contributed by atoms with Crippen LogP contribution in [0.15, 0.2) is 24.3 Å². The summed E-state index contributed by atoms with van der Waals surface area (Å²) in [7, 11) is 0. The number of hydrogen-bond acceptors (Lipinski definition) is 5. The standard InChI is InChI=1S/C16H22N4O/c1-3-12-11-20(9-10-21-12)15-13-7-5-6-8-14(13)18-16(19-15)17-4-2/h5-8,12H,3-4,9-11H2,1-2H3,(H,17,18,19). The Kier molecular flexibility index (Phi) is 4.20. The van der Waals surface area contributed by atoms with Crippen LogP contribution in [0.1, 0.15) is 20.3 Å². The summed E-state index contributed by atoms with van der Waals surface area (Å²) in [4.78, 5) is 11.6. The van der Waals surface area contributed by atoms with Gasteiger partial charge in [0.2, 0.25) is 5.95 Å². The third kappa shape index (κ3) is 2.93. The van der Waals surface area contributed by atoms with E-state index < -0.39 is 0 Å². The highest BCUT2D eigenvalue weighted by atomic mass is 16.5. The molecule has 3 rings (SSSR count). The van der Waals surface area contributed by atoms with Gasteiger partial charge in [-0.05, 0) is 25.5 Å². The van der Waals surface area contributed by atoms with Crippen LogP contribution in [0.5, 0.6) is 0 Å². The van der Waals surface area contributed by atoms with Crippen molar-refractivity contribution in [3.05, 3.63) is 24.3 Å². The van der Waals surface area contributed by atoms with Gasteiger partial charge in [0.1, 0.15) is 5.82 Å². The van der Waals surface area contributed by atoms with E-state index in [0.29, 0.717) is 5.95 Å². The highest BCUT2D eigenvalue weighted by Gasteiger charge is 2.22. The molecule has 0 saturated carbocycles. The van der Waals surface area contributed by atoms with Crippen molar-refractivity contribution in [2.75, 3.05) is 36.5 Å². The molecule has 1 atom stereocenters. The minimum atomic E-state index is 0.287. The molecule has 1 aliphatic heterocycles. The van der Waals surface area contributed by atoms with E-state index in [1.165, 1.54) is 0 Å². The van der Waals surface area contributed by atoms with Gasteiger partial charge in [0.25, 0.3) is 0 Å². The second-order valence-electron chi connectivity index (χ2n) is 5.27. The number of nitrogens with one attached hydrogen (secondary N) is 1. The van der Waals surface area contributed by atoms with E-state index >= 15 is 0 Å². The fourth-order valence-electron chi connectivity index (χ4n) is 2.70. The lowest BCUT2D eigenvalue weighted by molar-refractivity contribution is 0.0383. The number of morpholine rings is 1. The summed E-state index contributed by atoms with van der Waals surface area (Å²) in [5.74, 6) is 1.71.